The van der Waals surface area contributed by atoms with Crippen LogP contribution in [0.4, 0.5) is 5.82 Å². The molecule has 0 fully saturated rings. The van der Waals surface area contributed by atoms with Crippen LogP contribution in [0.15, 0.2) is 24.7 Å². The van der Waals surface area contributed by atoms with Crippen LogP contribution in [0.1, 0.15) is 29.5 Å². The van der Waals surface area contributed by atoms with Crippen molar-refractivity contribution in [2.24, 2.45) is 0 Å². The van der Waals surface area contributed by atoms with Crippen molar-refractivity contribution in [3.8, 4) is 11.1 Å². The fourth-order valence-corrected chi connectivity index (χ4v) is 1.76. The molecule has 2 aromatic rings. The number of pyridine rings is 1. The molecule has 0 aliphatic heterocycles. The molecule has 0 saturated heterocycles. The Hall–Kier alpha value is -2.50. The van der Waals surface area contributed by atoms with E-state index < -0.39 is 5.97 Å². The number of carboxylic acid groups (broad SMARTS) is 1. The molecule has 6 heteroatoms. The SMILES string of the molecule is CCCNc1nc(C)ncc1-c1cncc(C(=O)O)c1. The quantitative estimate of drug-likeness (QED) is 0.868. The van der Waals surface area contributed by atoms with Crippen LogP contribution in [-0.4, -0.2) is 32.6 Å². The maximum atomic E-state index is 11.0. The summed E-state index contributed by atoms with van der Waals surface area (Å²) in [6.07, 6.45) is 5.58. The molecule has 0 unspecified atom stereocenters. The zero-order chi connectivity index (χ0) is 14.5. The molecule has 0 radical (unpaired) electrons. The van der Waals surface area contributed by atoms with Crippen LogP contribution < -0.4 is 5.32 Å². The van der Waals surface area contributed by atoms with E-state index in [2.05, 4.69) is 27.2 Å². The van der Waals surface area contributed by atoms with E-state index in [1.807, 2.05) is 6.92 Å². The van der Waals surface area contributed by atoms with E-state index in [1.165, 1.54) is 6.20 Å². The van der Waals surface area contributed by atoms with Crippen molar-refractivity contribution in [3.63, 3.8) is 0 Å². The molecule has 0 amide bonds. The summed E-state index contributed by atoms with van der Waals surface area (Å²) in [6, 6.07) is 1.57. The van der Waals surface area contributed by atoms with Crippen LogP contribution >= 0.6 is 0 Å². The molecule has 0 atom stereocenters. The average Bonchev–Trinajstić information content (AvgIpc) is 2.45. The van der Waals surface area contributed by atoms with Crippen molar-refractivity contribution >= 4 is 11.8 Å². The van der Waals surface area contributed by atoms with E-state index >= 15 is 0 Å². The van der Waals surface area contributed by atoms with Gasteiger partial charge in [0.2, 0.25) is 0 Å². The Morgan fingerprint density at radius 2 is 2.15 bits per heavy atom. The summed E-state index contributed by atoms with van der Waals surface area (Å²) < 4.78 is 0. The van der Waals surface area contributed by atoms with Crippen LogP contribution in [0.5, 0.6) is 0 Å². The molecular weight excluding hydrogens is 256 g/mol. The van der Waals surface area contributed by atoms with Crippen LogP contribution in [0.2, 0.25) is 0 Å². The van der Waals surface area contributed by atoms with E-state index in [4.69, 9.17) is 5.11 Å². The van der Waals surface area contributed by atoms with Gasteiger partial charge in [0.1, 0.15) is 11.6 Å². The Labute approximate surface area is 116 Å². The standard InChI is InChI=1S/C14H16N4O2/c1-3-4-16-13-12(8-17-9(2)18-13)10-5-11(14(19)20)7-15-6-10/h5-8H,3-4H2,1-2H3,(H,19,20)(H,16,17,18). The topological polar surface area (TPSA) is 88.0 Å². The van der Waals surface area contributed by atoms with E-state index in [0.29, 0.717) is 17.2 Å². The van der Waals surface area contributed by atoms with Gasteiger partial charge in [-0.15, -0.1) is 0 Å². The molecule has 20 heavy (non-hydrogen) atoms. The van der Waals surface area contributed by atoms with Gasteiger partial charge in [-0.05, 0) is 19.4 Å². The van der Waals surface area contributed by atoms with E-state index in [1.54, 1.807) is 18.5 Å². The minimum absolute atomic E-state index is 0.143. The third-order valence-electron chi connectivity index (χ3n) is 2.75. The minimum Gasteiger partial charge on any atom is -0.478 e. The summed E-state index contributed by atoms with van der Waals surface area (Å²) in [6.45, 7) is 4.66. The second kappa shape index (κ2) is 6.10. The number of hydrogen-bond acceptors (Lipinski definition) is 5. The van der Waals surface area contributed by atoms with Gasteiger partial charge in [-0.1, -0.05) is 6.92 Å². The minimum atomic E-state index is -1.00. The summed E-state index contributed by atoms with van der Waals surface area (Å²) in [4.78, 5) is 23.5. The molecule has 2 heterocycles. The number of aromatic carboxylic acids is 1. The molecule has 2 rings (SSSR count). The molecule has 0 spiro atoms. The molecular formula is C14H16N4O2. The van der Waals surface area contributed by atoms with Gasteiger partial charge in [-0.3, -0.25) is 4.98 Å². The Morgan fingerprint density at radius 3 is 2.85 bits per heavy atom. The molecule has 0 aliphatic carbocycles. The number of anilines is 1. The molecule has 2 N–H and O–H groups in total. The molecule has 6 nitrogen and oxygen atoms in total. The normalized spacial score (nSPS) is 10.3. The number of aryl methyl sites for hydroxylation is 1. The number of aromatic nitrogens is 3. The van der Waals surface area contributed by atoms with Crippen LogP contribution in [0, 0.1) is 6.92 Å². The fraction of sp³-hybridized carbons (Fsp3) is 0.286. The fourth-order valence-electron chi connectivity index (χ4n) is 1.76. The first-order valence-electron chi connectivity index (χ1n) is 6.38. The monoisotopic (exact) mass is 272 g/mol. The van der Waals surface area contributed by atoms with Gasteiger partial charge in [0, 0.05) is 36.3 Å². The van der Waals surface area contributed by atoms with Crippen LogP contribution in [0.25, 0.3) is 11.1 Å². The number of nitrogens with one attached hydrogen (secondary N) is 1. The highest BCUT2D eigenvalue weighted by Gasteiger charge is 2.11. The molecule has 0 aromatic carbocycles. The first kappa shape index (κ1) is 13.9. The second-order valence-electron chi connectivity index (χ2n) is 4.37. The highest BCUT2D eigenvalue weighted by molar-refractivity contribution is 5.89. The van der Waals surface area contributed by atoms with Crippen molar-refractivity contribution in [3.05, 3.63) is 36.0 Å². The van der Waals surface area contributed by atoms with E-state index in [9.17, 15) is 4.79 Å². The van der Waals surface area contributed by atoms with Gasteiger partial charge in [0.25, 0.3) is 0 Å². The number of hydrogen-bond donors (Lipinski definition) is 2. The van der Waals surface area contributed by atoms with Gasteiger partial charge >= 0.3 is 5.97 Å². The lowest BCUT2D eigenvalue weighted by atomic mass is 10.1. The Kier molecular flexibility index (Phi) is 4.24. The highest BCUT2D eigenvalue weighted by atomic mass is 16.4. The first-order valence-corrected chi connectivity index (χ1v) is 6.38. The smallest absolute Gasteiger partial charge is 0.337 e. The zero-order valence-corrected chi connectivity index (χ0v) is 11.4. The van der Waals surface area contributed by atoms with Gasteiger partial charge < -0.3 is 10.4 Å². The summed E-state index contributed by atoms with van der Waals surface area (Å²) in [5, 5.41) is 12.2. The summed E-state index contributed by atoms with van der Waals surface area (Å²) in [5.41, 5.74) is 1.58. The molecule has 2 aromatic heterocycles. The van der Waals surface area contributed by atoms with Crippen LogP contribution in [-0.2, 0) is 0 Å². The zero-order valence-electron chi connectivity index (χ0n) is 11.4. The summed E-state index contributed by atoms with van der Waals surface area (Å²) in [7, 11) is 0. The second-order valence-corrected chi connectivity index (χ2v) is 4.37. The van der Waals surface area contributed by atoms with Crippen molar-refractivity contribution < 1.29 is 9.90 Å². The predicted octanol–water partition coefficient (Wildman–Crippen LogP) is 2.37. The molecule has 0 saturated carbocycles. The van der Waals surface area contributed by atoms with Crippen LogP contribution in [0.3, 0.4) is 0 Å². The van der Waals surface area contributed by atoms with Gasteiger partial charge in [-0.25, -0.2) is 14.8 Å². The molecule has 104 valence electrons. The number of nitrogens with zero attached hydrogens (tertiary/aromatic N) is 3. The molecule has 0 bridgehead atoms. The lowest BCUT2D eigenvalue weighted by Crippen LogP contribution is -2.06. The largest absolute Gasteiger partial charge is 0.478 e. The van der Waals surface area contributed by atoms with Crippen molar-refractivity contribution in [1.29, 1.82) is 0 Å². The Morgan fingerprint density at radius 1 is 1.35 bits per heavy atom. The van der Waals surface area contributed by atoms with Crippen molar-refractivity contribution in [2.45, 2.75) is 20.3 Å². The summed E-state index contributed by atoms with van der Waals surface area (Å²) >= 11 is 0. The Balaban J connectivity index is 2.45. The third-order valence-corrected chi connectivity index (χ3v) is 2.75. The summed E-state index contributed by atoms with van der Waals surface area (Å²) in [5.74, 6) is 0.355. The van der Waals surface area contributed by atoms with Crippen molar-refractivity contribution in [2.75, 3.05) is 11.9 Å². The first-order chi connectivity index (χ1) is 9.61. The number of carboxylic acids is 1. The van der Waals surface area contributed by atoms with E-state index in [0.717, 1.165) is 18.5 Å². The highest BCUT2D eigenvalue weighted by Crippen LogP contribution is 2.25. The molecule has 0 aliphatic rings. The van der Waals surface area contributed by atoms with E-state index in [-0.39, 0.29) is 5.56 Å². The predicted molar refractivity (Wildman–Crippen MR) is 75.7 cm³/mol. The van der Waals surface area contributed by atoms with Crippen molar-refractivity contribution in [1.82, 2.24) is 15.0 Å². The Bertz CT molecular complexity index is 628. The number of carbonyl (C=O) groups is 1. The average molecular weight is 272 g/mol. The van der Waals surface area contributed by atoms with Gasteiger partial charge in [0.05, 0.1) is 5.56 Å². The van der Waals surface area contributed by atoms with Gasteiger partial charge in [0.15, 0.2) is 0 Å². The maximum Gasteiger partial charge on any atom is 0.337 e. The lowest BCUT2D eigenvalue weighted by molar-refractivity contribution is 0.0696. The lowest BCUT2D eigenvalue weighted by Gasteiger charge is -2.11. The number of rotatable bonds is 5. The third kappa shape index (κ3) is 3.09. The maximum absolute atomic E-state index is 11.0. The van der Waals surface area contributed by atoms with Gasteiger partial charge in [-0.2, -0.15) is 0 Å².